The third kappa shape index (κ3) is 7.34. The lowest BCUT2D eigenvalue weighted by molar-refractivity contribution is -0.134. The average Bonchev–Trinajstić information content (AvgIpc) is 2.89. The quantitative estimate of drug-likeness (QED) is 0.447. The Morgan fingerprint density at radius 3 is 2.73 bits per heavy atom. The largest absolute Gasteiger partial charge is 0.490 e. The second-order valence-electron chi connectivity index (χ2n) is 9.75. The zero-order valence-corrected chi connectivity index (χ0v) is 22.4. The number of carbonyl (C=O) groups is 2. The number of nitrogens with zero attached hydrogens (tertiary/aromatic N) is 2. The van der Waals surface area contributed by atoms with Gasteiger partial charge in [-0.2, -0.15) is 0 Å². The standard InChI is InChI=1S/C25H38N4O7S/c1-3-37(32,33)27-18-5-8-22-20(15-18)25(31)28(2)21-7-6-19(36-23(21)17-35-22)16-24(30)26-9-4-10-29-11-13-34-14-12-29/h5,8,15,19,21,23,27H,3-4,6-7,9-14,16-17H2,1-2H3,(H,26,30)/t19-,21-,23-/m1/s1. The highest BCUT2D eigenvalue weighted by atomic mass is 32.2. The molecule has 11 nitrogen and oxygen atoms in total. The minimum atomic E-state index is -3.47. The molecule has 3 aliphatic rings. The minimum absolute atomic E-state index is 0.0333. The first kappa shape index (κ1) is 27.6. The molecule has 206 valence electrons. The summed E-state index contributed by atoms with van der Waals surface area (Å²) in [6.45, 7) is 6.76. The summed E-state index contributed by atoms with van der Waals surface area (Å²) in [5, 5.41) is 3.00. The molecule has 2 N–H and O–H groups in total. The fraction of sp³-hybridized carbons (Fsp3) is 0.680. The molecule has 0 radical (unpaired) electrons. The number of hydrogen-bond donors (Lipinski definition) is 2. The van der Waals surface area contributed by atoms with E-state index in [0.29, 0.717) is 36.4 Å². The molecule has 0 unspecified atom stereocenters. The molecule has 0 bridgehead atoms. The van der Waals surface area contributed by atoms with Gasteiger partial charge in [0.15, 0.2) is 0 Å². The molecular weight excluding hydrogens is 500 g/mol. The van der Waals surface area contributed by atoms with Gasteiger partial charge in [-0.1, -0.05) is 0 Å². The van der Waals surface area contributed by atoms with Crippen molar-refractivity contribution in [1.82, 2.24) is 15.1 Å². The third-order valence-electron chi connectivity index (χ3n) is 7.16. The first-order valence-corrected chi connectivity index (χ1v) is 14.7. The van der Waals surface area contributed by atoms with E-state index in [1.165, 1.54) is 6.07 Å². The van der Waals surface area contributed by atoms with Crippen molar-refractivity contribution >= 4 is 27.5 Å². The number of benzene rings is 1. The highest BCUT2D eigenvalue weighted by molar-refractivity contribution is 7.92. The van der Waals surface area contributed by atoms with Gasteiger partial charge in [0.1, 0.15) is 18.5 Å². The molecule has 2 saturated heterocycles. The summed E-state index contributed by atoms with van der Waals surface area (Å²) in [6.07, 6.45) is 1.90. The Morgan fingerprint density at radius 2 is 1.97 bits per heavy atom. The molecule has 3 aliphatic heterocycles. The maximum Gasteiger partial charge on any atom is 0.257 e. The van der Waals surface area contributed by atoms with Gasteiger partial charge in [-0.05, 0) is 50.9 Å². The highest BCUT2D eigenvalue weighted by Gasteiger charge is 2.39. The summed E-state index contributed by atoms with van der Waals surface area (Å²) in [4.78, 5) is 29.8. The number of ether oxygens (including phenoxy) is 3. The molecule has 1 aromatic carbocycles. The van der Waals surface area contributed by atoms with Crippen LogP contribution >= 0.6 is 0 Å². The van der Waals surface area contributed by atoms with Crippen molar-refractivity contribution in [3.63, 3.8) is 0 Å². The Balaban J connectivity index is 1.30. The van der Waals surface area contributed by atoms with E-state index in [1.807, 2.05) is 0 Å². The van der Waals surface area contributed by atoms with Crippen LogP contribution < -0.4 is 14.8 Å². The van der Waals surface area contributed by atoms with E-state index in [-0.39, 0.29) is 48.8 Å². The number of carbonyl (C=O) groups excluding carboxylic acids is 2. The Labute approximate surface area is 218 Å². The van der Waals surface area contributed by atoms with Crippen LogP contribution in [-0.4, -0.2) is 107 Å². The fourth-order valence-corrected chi connectivity index (χ4v) is 5.61. The van der Waals surface area contributed by atoms with Crippen molar-refractivity contribution in [2.75, 3.05) is 63.5 Å². The summed E-state index contributed by atoms with van der Waals surface area (Å²) >= 11 is 0. The Hall–Kier alpha value is -2.41. The maximum atomic E-state index is 13.3. The van der Waals surface area contributed by atoms with E-state index in [9.17, 15) is 18.0 Å². The van der Waals surface area contributed by atoms with Gasteiger partial charge in [0.05, 0.1) is 43.1 Å². The van der Waals surface area contributed by atoms with Gasteiger partial charge in [0.25, 0.3) is 5.91 Å². The zero-order chi connectivity index (χ0) is 26.4. The number of anilines is 1. The lowest BCUT2D eigenvalue weighted by Gasteiger charge is -2.42. The number of amides is 2. The number of hydrogen-bond acceptors (Lipinski definition) is 8. The highest BCUT2D eigenvalue weighted by Crippen LogP contribution is 2.32. The van der Waals surface area contributed by atoms with E-state index in [2.05, 4.69) is 14.9 Å². The molecule has 2 amide bonds. The van der Waals surface area contributed by atoms with E-state index >= 15 is 0 Å². The van der Waals surface area contributed by atoms with Crippen LogP contribution in [-0.2, 0) is 24.3 Å². The number of sulfonamides is 1. The predicted molar refractivity (Wildman–Crippen MR) is 138 cm³/mol. The molecule has 2 fully saturated rings. The first-order valence-electron chi connectivity index (χ1n) is 13.0. The minimum Gasteiger partial charge on any atom is -0.490 e. The van der Waals surface area contributed by atoms with E-state index in [1.54, 1.807) is 31.0 Å². The van der Waals surface area contributed by atoms with Crippen molar-refractivity contribution in [2.45, 2.75) is 50.9 Å². The molecule has 0 aromatic heterocycles. The summed E-state index contributed by atoms with van der Waals surface area (Å²) in [5.74, 6) is 0.0122. The first-order chi connectivity index (χ1) is 17.8. The zero-order valence-electron chi connectivity index (χ0n) is 21.6. The SMILES string of the molecule is CCS(=O)(=O)Nc1ccc2c(c1)C(=O)N(C)[C@@H]1CC[C@H](CC(=O)NCCCN3CCOCC3)O[C@@H]1CO2. The number of likely N-dealkylation sites (N-methyl/N-ethyl adjacent to an activating group) is 1. The summed E-state index contributed by atoms with van der Waals surface area (Å²) in [7, 11) is -1.74. The molecule has 0 saturated carbocycles. The van der Waals surface area contributed by atoms with Crippen molar-refractivity contribution in [2.24, 2.45) is 0 Å². The van der Waals surface area contributed by atoms with Crippen LogP contribution in [0.3, 0.4) is 0 Å². The second kappa shape index (κ2) is 12.4. The lowest BCUT2D eigenvalue weighted by atomic mass is 9.94. The molecule has 1 aromatic rings. The second-order valence-corrected chi connectivity index (χ2v) is 11.8. The van der Waals surface area contributed by atoms with Crippen LogP contribution in [0.1, 0.15) is 43.0 Å². The molecule has 3 atom stereocenters. The van der Waals surface area contributed by atoms with Gasteiger partial charge in [-0.15, -0.1) is 0 Å². The molecular formula is C25H38N4O7S. The summed E-state index contributed by atoms with van der Waals surface area (Å²) in [5.41, 5.74) is 0.620. The van der Waals surface area contributed by atoms with E-state index in [4.69, 9.17) is 14.2 Å². The van der Waals surface area contributed by atoms with Crippen molar-refractivity contribution in [3.05, 3.63) is 23.8 Å². The smallest absolute Gasteiger partial charge is 0.257 e. The molecule has 4 rings (SSSR count). The maximum absolute atomic E-state index is 13.3. The van der Waals surface area contributed by atoms with Crippen molar-refractivity contribution in [1.29, 1.82) is 0 Å². The molecule has 3 heterocycles. The lowest BCUT2D eigenvalue weighted by Crippen LogP contribution is -2.54. The van der Waals surface area contributed by atoms with Gasteiger partial charge in [-0.3, -0.25) is 19.2 Å². The van der Waals surface area contributed by atoms with Crippen LogP contribution in [0.4, 0.5) is 5.69 Å². The Bertz CT molecular complexity index is 1060. The van der Waals surface area contributed by atoms with Gasteiger partial charge < -0.3 is 24.4 Å². The summed E-state index contributed by atoms with van der Waals surface area (Å²) < 4.78 is 43.9. The molecule has 0 spiro atoms. The molecule has 0 aliphatic carbocycles. The third-order valence-corrected chi connectivity index (χ3v) is 8.46. The van der Waals surface area contributed by atoms with Crippen LogP contribution in [0, 0.1) is 0 Å². The average molecular weight is 539 g/mol. The molecule has 37 heavy (non-hydrogen) atoms. The van der Waals surface area contributed by atoms with E-state index < -0.39 is 10.0 Å². The number of fused-ring (bicyclic) bond motifs is 2. The number of rotatable bonds is 9. The normalized spacial score (nSPS) is 24.8. The van der Waals surface area contributed by atoms with Crippen molar-refractivity contribution in [3.8, 4) is 5.75 Å². The van der Waals surface area contributed by atoms with Crippen LogP contribution in [0.2, 0.25) is 0 Å². The van der Waals surface area contributed by atoms with Gasteiger partial charge >= 0.3 is 0 Å². The summed E-state index contributed by atoms with van der Waals surface area (Å²) in [6, 6.07) is 4.48. The van der Waals surface area contributed by atoms with Gasteiger partial charge in [-0.25, -0.2) is 8.42 Å². The Morgan fingerprint density at radius 1 is 1.19 bits per heavy atom. The molecule has 12 heteroatoms. The fourth-order valence-electron chi connectivity index (χ4n) is 4.98. The topological polar surface area (TPSA) is 127 Å². The van der Waals surface area contributed by atoms with Crippen LogP contribution in [0.25, 0.3) is 0 Å². The van der Waals surface area contributed by atoms with Crippen molar-refractivity contribution < 1.29 is 32.2 Å². The van der Waals surface area contributed by atoms with Crippen LogP contribution in [0.5, 0.6) is 5.75 Å². The number of nitrogens with one attached hydrogen (secondary N) is 2. The van der Waals surface area contributed by atoms with Gasteiger partial charge in [0, 0.05) is 32.4 Å². The monoisotopic (exact) mass is 538 g/mol. The van der Waals surface area contributed by atoms with Gasteiger partial charge in [0.2, 0.25) is 15.9 Å². The van der Waals surface area contributed by atoms with E-state index in [0.717, 1.165) is 39.3 Å². The predicted octanol–water partition coefficient (Wildman–Crippen LogP) is 1.06. The van der Waals surface area contributed by atoms with Crippen LogP contribution in [0.15, 0.2) is 18.2 Å². The number of morpholine rings is 1. The Kier molecular flexibility index (Phi) is 9.27.